The Morgan fingerprint density at radius 2 is 1.56 bits per heavy atom. The van der Waals surface area contributed by atoms with Gasteiger partial charge in [-0.3, -0.25) is 0 Å². The van der Waals surface area contributed by atoms with E-state index in [1.54, 1.807) is 11.1 Å². The molecule has 2 heteroatoms. The fraction of sp³-hybridized carbons (Fsp3) is 0.436. The molecule has 6 aliphatic rings. The van der Waals surface area contributed by atoms with Crippen molar-refractivity contribution in [1.29, 1.82) is 5.26 Å². The number of aromatic nitrogens is 1. The van der Waals surface area contributed by atoms with Crippen LogP contribution in [0.4, 0.5) is 0 Å². The van der Waals surface area contributed by atoms with Gasteiger partial charge in [-0.25, -0.2) is 0 Å². The maximum Gasteiger partial charge on any atom is 0.0995 e. The van der Waals surface area contributed by atoms with Crippen LogP contribution in [-0.2, 0) is 22.7 Å². The van der Waals surface area contributed by atoms with Crippen LogP contribution >= 0.6 is 0 Å². The molecule has 0 radical (unpaired) electrons. The molecule has 6 aliphatic carbocycles. The fourth-order valence-corrected chi connectivity index (χ4v) is 14.4. The summed E-state index contributed by atoms with van der Waals surface area (Å²) in [5.41, 5.74) is 21.9. The number of fused-ring (bicyclic) bond motifs is 13. The minimum absolute atomic E-state index is 0.0736. The van der Waals surface area contributed by atoms with Crippen molar-refractivity contribution < 1.29 is 0 Å². The predicted molar refractivity (Wildman–Crippen MR) is 238 cm³/mol. The highest BCUT2D eigenvalue weighted by atomic mass is 14.9. The molecule has 1 spiro atoms. The van der Waals surface area contributed by atoms with Crippen LogP contribution in [0.3, 0.4) is 0 Å². The molecule has 3 saturated carbocycles. The molecule has 0 amide bonds. The van der Waals surface area contributed by atoms with E-state index in [9.17, 15) is 5.26 Å². The van der Waals surface area contributed by atoms with E-state index in [0.717, 1.165) is 48.5 Å². The van der Waals surface area contributed by atoms with Crippen molar-refractivity contribution in [3.63, 3.8) is 0 Å². The topological polar surface area (TPSA) is 28.2 Å². The SMILES string of the molecule is C=CC1=C(Cc2cc3c4c(C(C)(C)C)cc(C(C)(C)C)c5c6c7c(c(C#N)cc6n(c3cc2C)c45)C(C)(C)c2cc3c(cc2-7)C2CC4CC5CC3C452)CCCC=C1. The van der Waals surface area contributed by atoms with Gasteiger partial charge in [0.15, 0.2) is 0 Å². The summed E-state index contributed by atoms with van der Waals surface area (Å²) in [6, 6.07) is 18.0. The molecule has 2 heterocycles. The first-order chi connectivity index (χ1) is 27.1. The summed E-state index contributed by atoms with van der Waals surface area (Å²) >= 11 is 0. The molecule has 0 aliphatic heterocycles. The number of hydrogen-bond donors (Lipinski definition) is 0. The van der Waals surface area contributed by atoms with Gasteiger partial charge in [-0.1, -0.05) is 104 Å². The average molecular weight is 745 g/mol. The Bertz CT molecular complexity index is 2980. The van der Waals surface area contributed by atoms with Crippen LogP contribution in [0.5, 0.6) is 0 Å². The molecule has 4 aromatic carbocycles. The zero-order valence-electron chi connectivity index (χ0n) is 35.6. The Labute approximate surface area is 338 Å². The van der Waals surface area contributed by atoms with E-state index >= 15 is 0 Å². The lowest BCUT2D eigenvalue weighted by molar-refractivity contribution is -0.240. The summed E-state index contributed by atoms with van der Waals surface area (Å²) in [5, 5.41) is 16.6. The molecule has 5 atom stereocenters. The van der Waals surface area contributed by atoms with Crippen molar-refractivity contribution in [3.05, 3.63) is 122 Å². The fourth-order valence-electron chi connectivity index (χ4n) is 14.4. The lowest BCUT2D eigenvalue weighted by Gasteiger charge is -2.76. The van der Waals surface area contributed by atoms with E-state index in [0.29, 0.717) is 5.41 Å². The first kappa shape index (κ1) is 34.4. The van der Waals surface area contributed by atoms with Gasteiger partial charge in [0, 0.05) is 27.0 Å². The van der Waals surface area contributed by atoms with Crippen LogP contribution < -0.4 is 0 Å². The summed E-state index contributed by atoms with van der Waals surface area (Å²) in [5.74, 6) is 3.42. The maximum absolute atomic E-state index is 11.1. The van der Waals surface area contributed by atoms with Gasteiger partial charge in [0.05, 0.1) is 28.2 Å². The van der Waals surface area contributed by atoms with Gasteiger partial charge in [-0.05, 0) is 171 Å². The van der Waals surface area contributed by atoms with Crippen LogP contribution in [0, 0.1) is 35.5 Å². The Morgan fingerprint density at radius 1 is 0.860 bits per heavy atom. The summed E-state index contributed by atoms with van der Waals surface area (Å²) in [6.07, 6.45) is 15.3. The lowest BCUT2D eigenvalue weighted by Crippen LogP contribution is -2.68. The number of aryl methyl sites for hydroxylation is 1. The van der Waals surface area contributed by atoms with E-state index in [1.165, 1.54) is 119 Å². The Balaban J connectivity index is 1.21. The summed E-state index contributed by atoms with van der Waals surface area (Å²) in [6.45, 7) is 25.7. The Kier molecular flexibility index (Phi) is 6.35. The zero-order chi connectivity index (χ0) is 39.5. The van der Waals surface area contributed by atoms with Crippen molar-refractivity contribution in [3.8, 4) is 17.2 Å². The minimum atomic E-state index is -0.259. The van der Waals surface area contributed by atoms with Gasteiger partial charge in [-0.15, -0.1) is 0 Å². The zero-order valence-corrected chi connectivity index (χ0v) is 35.6. The van der Waals surface area contributed by atoms with Crippen LogP contribution in [0.25, 0.3) is 49.2 Å². The third-order valence-corrected chi connectivity index (χ3v) is 17.0. The minimum Gasteiger partial charge on any atom is -0.308 e. The third-order valence-electron chi connectivity index (χ3n) is 17.0. The van der Waals surface area contributed by atoms with Gasteiger partial charge in [-0.2, -0.15) is 5.26 Å². The number of benzene rings is 4. The normalized spacial score (nSPS) is 26.5. The molecule has 3 fully saturated rings. The standard InChI is InChI=1S/C55H56N2/c1-11-29-15-13-12-14-16-30(29)18-31-19-38-44(17-28(31)2)57-45-20-32(27-56)50-47(49(45)48-43(53(6,7)8)26-42(52(3,4)5)46(38)51(48)57)37-24-35-36(25-39(37)54(50,9)10)41-23-34-21-33-22-40(35)55(33,34)41/h11,13,15,17,19-20,24-26,33-34,40-41H,1,12,14,16,18,21-23H2,2-10H3. The quantitative estimate of drug-likeness (QED) is 0.177. The van der Waals surface area contributed by atoms with Crippen LogP contribution in [-0.4, -0.2) is 4.40 Å². The highest BCUT2D eigenvalue weighted by molar-refractivity contribution is 6.29. The van der Waals surface area contributed by atoms with Crippen molar-refractivity contribution in [2.24, 2.45) is 17.3 Å². The van der Waals surface area contributed by atoms with Crippen LogP contribution in [0.1, 0.15) is 156 Å². The summed E-state index contributed by atoms with van der Waals surface area (Å²) < 4.78 is 2.60. The van der Waals surface area contributed by atoms with E-state index in [4.69, 9.17) is 0 Å². The van der Waals surface area contributed by atoms with Crippen molar-refractivity contribution in [2.75, 3.05) is 0 Å². The molecule has 57 heavy (non-hydrogen) atoms. The van der Waals surface area contributed by atoms with E-state index in [-0.39, 0.29) is 16.2 Å². The maximum atomic E-state index is 11.1. The highest BCUT2D eigenvalue weighted by Crippen LogP contribution is 2.88. The summed E-state index contributed by atoms with van der Waals surface area (Å²) in [4.78, 5) is 0. The van der Waals surface area contributed by atoms with Gasteiger partial charge in [0.1, 0.15) is 0 Å². The molecular formula is C55H56N2. The monoisotopic (exact) mass is 744 g/mol. The number of nitrogens with zero attached hydrogens (tertiary/aromatic N) is 2. The molecule has 2 nitrogen and oxygen atoms in total. The molecule has 0 saturated heterocycles. The van der Waals surface area contributed by atoms with Crippen molar-refractivity contribution in [2.45, 2.75) is 135 Å². The van der Waals surface area contributed by atoms with Crippen molar-refractivity contribution in [1.82, 2.24) is 4.40 Å². The Morgan fingerprint density at radius 3 is 2.23 bits per heavy atom. The predicted octanol–water partition coefficient (Wildman–Crippen LogP) is 14.3. The van der Waals surface area contributed by atoms with Crippen LogP contribution in [0.15, 0.2) is 72.4 Å². The number of hydrogen-bond acceptors (Lipinski definition) is 1. The van der Waals surface area contributed by atoms with Gasteiger partial charge in [0.25, 0.3) is 0 Å². The molecule has 286 valence electrons. The lowest BCUT2D eigenvalue weighted by atomic mass is 9.28. The van der Waals surface area contributed by atoms with E-state index in [1.807, 2.05) is 0 Å². The summed E-state index contributed by atoms with van der Waals surface area (Å²) in [7, 11) is 0. The first-order valence-electron chi connectivity index (χ1n) is 22.1. The highest BCUT2D eigenvalue weighted by Gasteiger charge is 2.78. The van der Waals surface area contributed by atoms with Gasteiger partial charge >= 0.3 is 0 Å². The molecule has 6 aromatic rings. The second-order valence-corrected chi connectivity index (χ2v) is 22.0. The molecular weight excluding hydrogens is 689 g/mol. The van der Waals surface area contributed by atoms with E-state index in [2.05, 4.69) is 134 Å². The molecule has 0 N–H and O–H groups in total. The molecule has 12 rings (SSSR count). The first-order valence-corrected chi connectivity index (χ1v) is 22.1. The van der Waals surface area contributed by atoms with Gasteiger partial charge < -0.3 is 4.40 Å². The number of allylic oxidation sites excluding steroid dienone is 5. The third kappa shape index (κ3) is 3.90. The Hall–Kier alpha value is -4.61. The number of rotatable bonds is 3. The largest absolute Gasteiger partial charge is 0.308 e. The number of nitriles is 1. The smallest absolute Gasteiger partial charge is 0.0995 e. The molecule has 2 aromatic heterocycles. The molecule has 5 unspecified atom stereocenters. The van der Waals surface area contributed by atoms with Crippen LogP contribution in [0.2, 0.25) is 0 Å². The second kappa shape index (κ2) is 10.5. The average Bonchev–Trinajstić information content (AvgIpc) is 3.73. The van der Waals surface area contributed by atoms with Crippen molar-refractivity contribution >= 4 is 38.1 Å². The molecule has 0 bridgehead atoms. The van der Waals surface area contributed by atoms with E-state index < -0.39 is 0 Å². The second-order valence-electron chi connectivity index (χ2n) is 22.0. The van der Waals surface area contributed by atoms with Gasteiger partial charge in [0.2, 0.25) is 0 Å².